The highest BCUT2D eigenvalue weighted by molar-refractivity contribution is 5.85. The van der Waals surface area contributed by atoms with Gasteiger partial charge in [0, 0.05) is 31.4 Å². The second kappa shape index (κ2) is 6.10. The molecule has 108 valence electrons. The fourth-order valence-corrected chi connectivity index (χ4v) is 2.67. The van der Waals surface area contributed by atoms with E-state index in [4.69, 9.17) is 5.73 Å². The number of nitrogens with two attached hydrogens (primary N) is 1. The van der Waals surface area contributed by atoms with Gasteiger partial charge in [0.2, 0.25) is 0 Å². The Kier molecular flexibility index (Phi) is 4.02. The van der Waals surface area contributed by atoms with E-state index in [0.717, 1.165) is 25.2 Å². The standard InChI is InChI=1S/C18H21N3/c1-2-16(19)12-18-20-10-11-21(18)13-15-8-5-7-14-6-3-4-9-17(14)15/h3-11,16H,2,12-13,19H2,1H3. The summed E-state index contributed by atoms with van der Waals surface area (Å²) < 4.78 is 2.21. The molecule has 0 saturated carbocycles. The van der Waals surface area contributed by atoms with Crippen molar-refractivity contribution in [3.8, 4) is 0 Å². The molecule has 0 spiro atoms. The van der Waals surface area contributed by atoms with Gasteiger partial charge in [-0.1, -0.05) is 49.4 Å². The van der Waals surface area contributed by atoms with E-state index in [2.05, 4.69) is 58.9 Å². The first kappa shape index (κ1) is 13.8. The van der Waals surface area contributed by atoms with Crippen LogP contribution in [0.2, 0.25) is 0 Å². The van der Waals surface area contributed by atoms with Gasteiger partial charge in [0.1, 0.15) is 5.82 Å². The zero-order chi connectivity index (χ0) is 14.7. The summed E-state index contributed by atoms with van der Waals surface area (Å²) >= 11 is 0. The molecule has 0 fully saturated rings. The Bertz CT molecular complexity index is 725. The van der Waals surface area contributed by atoms with Crippen molar-refractivity contribution >= 4 is 10.8 Å². The van der Waals surface area contributed by atoms with E-state index in [0.29, 0.717) is 0 Å². The minimum atomic E-state index is 0.179. The molecule has 1 atom stereocenters. The average Bonchev–Trinajstić information content (AvgIpc) is 2.94. The lowest BCUT2D eigenvalue weighted by atomic mass is 10.0. The lowest BCUT2D eigenvalue weighted by molar-refractivity contribution is 0.598. The summed E-state index contributed by atoms with van der Waals surface area (Å²) in [6.45, 7) is 2.95. The van der Waals surface area contributed by atoms with Gasteiger partial charge < -0.3 is 10.3 Å². The fourth-order valence-electron chi connectivity index (χ4n) is 2.67. The Hall–Kier alpha value is -2.13. The minimum Gasteiger partial charge on any atom is -0.330 e. The summed E-state index contributed by atoms with van der Waals surface area (Å²) in [5, 5.41) is 2.58. The number of aromatic nitrogens is 2. The van der Waals surface area contributed by atoms with E-state index in [1.54, 1.807) is 0 Å². The molecule has 3 heteroatoms. The second-order valence-electron chi connectivity index (χ2n) is 5.48. The summed E-state index contributed by atoms with van der Waals surface area (Å²) in [6.07, 6.45) is 5.71. The van der Waals surface area contributed by atoms with Crippen LogP contribution in [0.25, 0.3) is 10.8 Å². The van der Waals surface area contributed by atoms with Gasteiger partial charge in [-0.05, 0) is 22.8 Å². The van der Waals surface area contributed by atoms with Gasteiger partial charge in [0.15, 0.2) is 0 Å². The molecule has 3 aromatic rings. The third-order valence-corrected chi connectivity index (χ3v) is 3.99. The van der Waals surface area contributed by atoms with Gasteiger partial charge >= 0.3 is 0 Å². The summed E-state index contributed by atoms with van der Waals surface area (Å²) in [7, 11) is 0. The Balaban J connectivity index is 1.91. The van der Waals surface area contributed by atoms with Crippen LogP contribution in [0.1, 0.15) is 24.7 Å². The van der Waals surface area contributed by atoms with E-state index in [-0.39, 0.29) is 6.04 Å². The third kappa shape index (κ3) is 2.98. The van der Waals surface area contributed by atoms with Crippen molar-refractivity contribution in [3.05, 3.63) is 66.2 Å². The number of imidazole rings is 1. The van der Waals surface area contributed by atoms with E-state index in [1.807, 2.05) is 12.4 Å². The number of fused-ring (bicyclic) bond motifs is 1. The normalized spacial score (nSPS) is 12.7. The van der Waals surface area contributed by atoms with E-state index in [1.165, 1.54) is 16.3 Å². The molecule has 0 aliphatic rings. The highest BCUT2D eigenvalue weighted by Gasteiger charge is 2.09. The maximum Gasteiger partial charge on any atom is 0.110 e. The molecule has 1 aromatic heterocycles. The van der Waals surface area contributed by atoms with Crippen LogP contribution in [0.4, 0.5) is 0 Å². The molecule has 0 bridgehead atoms. The van der Waals surface area contributed by atoms with Crippen molar-refractivity contribution in [1.29, 1.82) is 0 Å². The van der Waals surface area contributed by atoms with Crippen molar-refractivity contribution in [2.75, 3.05) is 0 Å². The molecule has 0 amide bonds. The summed E-state index contributed by atoms with van der Waals surface area (Å²) in [6, 6.07) is 15.1. The largest absolute Gasteiger partial charge is 0.330 e. The van der Waals surface area contributed by atoms with E-state index >= 15 is 0 Å². The molecule has 3 nitrogen and oxygen atoms in total. The quantitative estimate of drug-likeness (QED) is 0.778. The Morgan fingerprint density at radius 3 is 2.81 bits per heavy atom. The third-order valence-electron chi connectivity index (χ3n) is 3.99. The first-order chi connectivity index (χ1) is 10.3. The van der Waals surface area contributed by atoms with Crippen molar-refractivity contribution in [1.82, 2.24) is 9.55 Å². The van der Waals surface area contributed by atoms with Gasteiger partial charge in [-0.2, -0.15) is 0 Å². The summed E-state index contributed by atoms with van der Waals surface area (Å²) in [4.78, 5) is 4.46. The highest BCUT2D eigenvalue weighted by atomic mass is 15.1. The maximum atomic E-state index is 6.06. The zero-order valence-corrected chi connectivity index (χ0v) is 12.4. The molecular weight excluding hydrogens is 258 g/mol. The van der Waals surface area contributed by atoms with Crippen molar-refractivity contribution < 1.29 is 0 Å². The Morgan fingerprint density at radius 1 is 1.14 bits per heavy atom. The Labute approximate surface area is 125 Å². The Morgan fingerprint density at radius 2 is 1.95 bits per heavy atom. The van der Waals surface area contributed by atoms with Gasteiger partial charge in [0.05, 0.1) is 0 Å². The predicted molar refractivity (Wildman–Crippen MR) is 87.2 cm³/mol. The van der Waals surface area contributed by atoms with Gasteiger partial charge in [-0.25, -0.2) is 4.98 Å². The molecule has 21 heavy (non-hydrogen) atoms. The van der Waals surface area contributed by atoms with Crippen LogP contribution in [0.15, 0.2) is 54.9 Å². The molecule has 1 unspecified atom stereocenters. The lowest BCUT2D eigenvalue weighted by Crippen LogP contribution is -2.23. The van der Waals surface area contributed by atoms with Crippen LogP contribution in [0, 0.1) is 0 Å². The maximum absolute atomic E-state index is 6.06. The molecular formula is C18H21N3. The molecule has 3 rings (SSSR count). The molecule has 0 saturated heterocycles. The number of hydrogen-bond acceptors (Lipinski definition) is 2. The van der Waals surface area contributed by atoms with Crippen molar-refractivity contribution in [2.45, 2.75) is 32.4 Å². The van der Waals surface area contributed by atoms with E-state index < -0.39 is 0 Å². The van der Waals surface area contributed by atoms with Gasteiger partial charge in [-0.3, -0.25) is 0 Å². The second-order valence-corrected chi connectivity index (χ2v) is 5.48. The monoisotopic (exact) mass is 279 g/mol. The molecule has 1 heterocycles. The molecule has 2 N–H and O–H groups in total. The van der Waals surface area contributed by atoms with Crippen LogP contribution >= 0.6 is 0 Å². The van der Waals surface area contributed by atoms with Crippen LogP contribution < -0.4 is 5.73 Å². The van der Waals surface area contributed by atoms with Crippen molar-refractivity contribution in [3.63, 3.8) is 0 Å². The van der Waals surface area contributed by atoms with E-state index in [9.17, 15) is 0 Å². The fraction of sp³-hybridized carbons (Fsp3) is 0.278. The summed E-state index contributed by atoms with van der Waals surface area (Å²) in [5.41, 5.74) is 7.38. The average molecular weight is 279 g/mol. The number of benzene rings is 2. The number of hydrogen-bond donors (Lipinski definition) is 1. The molecule has 0 radical (unpaired) electrons. The smallest absolute Gasteiger partial charge is 0.110 e. The van der Waals surface area contributed by atoms with Crippen LogP contribution in [-0.4, -0.2) is 15.6 Å². The predicted octanol–water partition coefficient (Wildman–Crippen LogP) is 3.36. The lowest BCUT2D eigenvalue weighted by Gasteiger charge is -2.13. The van der Waals surface area contributed by atoms with Gasteiger partial charge in [-0.15, -0.1) is 0 Å². The molecule has 0 aliphatic carbocycles. The SMILES string of the molecule is CCC(N)Cc1nccn1Cc1cccc2ccccc12. The number of rotatable bonds is 5. The van der Waals surface area contributed by atoms with Crippen LogP contribution in [0.3, 0.4) is 0 Å². The van der Waals surface area contributed by atoms with Crippen LogP contribution in [0.5, 0.6) is 0 Å². The first-order valence-electron chi connectivity index (χ1n) is 7.50. The highest BCUT2D eigenvalue weighted by Crippen LogP contribution is 2.20. The first-order valence-corrected chi connectivity index (χ1v) is 7.50. The zero-order valence-electron chi connectivity index (χ0n) is 12.4. The molecule has 2 aromatic carbocycles. The van der Waals surface area contributed by atoms with Crippen LogP contribution in [-0.2, 0) is 13.0 Å². The minimum absolute atomic E-state index is 0.179. The summed E-state index contributed by atoms with van der Waals surface area (Å²) in [5.74, 6) is 1.07. The van der Waals surface area contributed by atoms with Gasteiger partial charge in [0.25, 0.3) is 0 Å². The van der Waals surface area contributed by atoms with Crippen molar-refractivity contribution in [2.24, 2.45) is 5.73 Å². The topological polar surface area (TPSA) is 43.8 Å². The number of nitrogens with zero attached hydrogens (tertiary/aromatic N) is 2. The molecule has 0 aliphatic heterocycles.